The summed E-state index contributed by atoms with van der Waals surface area (Å²) in [7, 11) is 0. The minimum Gasteiger partial charge on any atom is -0.382 e. The first kappa shape index (κ1) is 10.3. The molecule has 84 valence electrons. The van der Waals surface area contributed by atoms with Crippen LogP contribution in [0.5, 0.6) is 0 Å². The van der Waals surface area contributed by atoms with Gasteiger partial charge in [-0.3, -0.25) is 10.1 Å². The highest BCUT2D eigenvalue weighted by molar-refractivity contribution is 5.38. The number of aromatic amines is 1. The second kappa shape index (κ2) is 5.06. The summed E-state index contributed by atoms with van der Waals surface area (Å²) in [6, 6.07) is 0. The number of hydrogen-bond acceptors (Lipinski definition) is 6. The Morgan fingerprint density at radius 2 is 2.31 bits per heavy atom. The van der Waals surface area contributed by atoms with E-state index in [9.17, 15) is 0 Å². The zero-order valence-corrected chi connectivity index (χ0v) is 8.72. The molecule has 0 bridgehead atoms. The third kappa shape index (κ3) is 2.91. The van der Waals surface area contributed by atoms with Crippen LogP contribution in [0.4, 0.5) is 11.6 Å². The molecular weight excluding hydrogens is 206 g/mol. The summed E-state index contributed by atoms with van der Waals surface area (Å²) in [6.45, 7) is 0.791. The van der Waals surface area contributed by atoms with Gasteiger partial charge in [-0.15, -0.1) is 0 Å². The number of nitrogens with zero attached hydrogens (tertiary/aromatic N) is 4. The lowest BCUT2D eigenvalue weighted by atomic mass is 10.3. The number of aryl methyl sites for hydroxylation is 1. The average molecular weight is 219 g/mol. The molecule has 4 N–H and O–H groups in total. The van der Waals surface area contributed by atoms with Gasteiger partial charge in [0.15, 0.2) is 0 Å². The highest BCUT2D eigenvalue weighted by Gasteiger charge is 1.97. The van der Waals surface area contributed by atoms with Gasteiger partial charge in [0, 0.05) is 13.0 Å². The molecule has 2 rings (SSSR count). The topological polar surface area (TPSA) is 105 Å². The van der Waals surface area contributed by atoms with Gasteiger partial charge in [0.2, 0.25) is 0 Å². The van der Waals surface area contributed by atoms with Gasteiger partial charge in [-0.25, -0.2) is 9.97 Å². The first-order chi connectivity index (χ1) is 7.84. The monoisotopic (exact) mass is 219 g/mol. The Morgan fingerprint density at radius 1 is 1.38 bits per heavy atom. The normalized spacial score (nSPS) is 10.2. The van der Waals surface area contributed by atoms with Gasteiger partial charge in [-0.2, -0.15) is 5.10 Å². The molecule has 0 aliphatic carbocycles. The summed E-state index contributed by atoms with van der Waals surface area (Å²) in [4.78, 5) is 12.0. The van der Waals surface area contributed by atoms with E-state index in [0.29, 0.717) is 11.6 Å². The molecule has 0 aromatic carbocycles. The van der Waals surface area contributed by atoms with Gasteiger partial charge in [0.05, 0.1) is 12.4 Å². The summed E-state index contributed by atoms with van der Waals surface area (Å²) in [5.41, 5.74) is 5.50. The van der Waals surface area contributed by atoms with E-state index in [2.05, 4.69) is 30.5 Å². The molecule has 0 spiro atoms. The lowest BCUT2D eigenvalue weighted by Gasteiger charge is -2.04. The molecule has 0 radical (unpaired) electrons. The number of hydrogen-bond donors (Lipinski definition) is 3. The van der Waals surface area contributed by atoms with E-state index in [-0.39, 0.29) is 0 Å². The molecule has 2 aromatic heterocycles. The quantitative estimate of drug-likeness (QED) is 0.621. The van der Waals surface area contributed by atoms with Crippen molar-refractivity contribution in [3.63, 3.8) is 0 Å². The zero-order valence-electron chi connectivity index (χ0n) is 8.72. The van der Waals surface area contributed by atoms with Gasteiger partial charge in [-0.05, 0) is 6.42 Å². The fourth-order valence-electron chi connectivity index (χ4n) is 1.29. The molecular formula is C9H13N7. The predicted octanol–water partition coefficient (Wildman–Crippen LogP) is 0.222. The third-order valence-electron chi connectivity index (χ3n) is 2.01. The summed E-state index contributed by atoms with van der Waals surface area (Å²) in [5.74, 6) is 2.00. The molecule has 2 aromatic rings. The van der Waals surface area contributed by atoms with Gasteiger partial charge in [-0.1, -0.05) is 0 Å². The van der Waals surface area contributed by atoms with Crippen LogP contribution in [0, 0.1) is 0 Å². The van der Waals surface area contributed by atoms with Crippen molar-refractivity contribution in [1.82, 2.24) is 25.1 Å². The molecule has 2 heterocycles. The molecule has 0 saturated carbocycles. The molecule has 16 heavy (non-hydrogen) atoms. The molecule has 0 aliphatic rings. The smallest absolute Gasteiger partial charge is 0.146 e. The third-order valence-corrected chi connectivity index (χ3v) is 2.01. The Morgan fingerprint density at radius 3 is 3.06 bits per heavy atom. The van der Waals surface area contributed by atoms with Gasteiger partial charge in [0.25, 0.3) is 0 Å². The van der Waals surface area contributed by atoms with Crippen LogP contribution in [-0.4, -0.2) is 31.7 Å². The van der Waals surface area contributed by atoms with Gasteiger partial charge >= 0.3 is 0 Å². The number of aromatic nitrogens is 5. The van der Waals surface area contributed by atoms with Crippen molar-refractivity contribution >= 4 is 11.6 Å². The molecule has 0 fully saturated rings. The largest absolute Gasteiger partial charge is 0.382 e. The molecule has 7 heteroatoms. The highest BCUT2D eigenvalue weighted by Crippen LogP contribution is 2.03. The van der Waals surface area contributed by atoms with E-state index < -0.39 is 0 Å². The summed E-state index contributed by atoms with van der Waals surface area (Å²) < 4.78 is 0. The van der Waals surface area contributed by atoms with Crippen molar-refractivity contribution in [2.75, 3.05) is 17.6 Å². The van der Waals surface area contributed by atoms with E-state index >= 15 is 0 Å². The number of nitrogens with one attached hydrogen (secondary N) is 2. The van der Waals surface area contributed by atoms with Crippen molar-refractivity contribution in [3.8, 4) is 0 Å². The Bertz CT molecular complexity index is 425. The molecule has 0 atom stereocenters. The van der Waals surface area contributed by atoms with Crippen molar-refractivity contribution < 1.29 is 0 Å². The van der Waals surface area contributed by atoms with Crippen LogP contribution in [0.3, 0.4) is 0 Å². The number of nitrogens with two attached hydrogens (primary N) is 1. The number of rotatable bonds is 5. The van der Waals surface area contributed by atoms with E-state index in [1.165, 1.54) is 12.5 Å². The van der Waals surface area contributed by atoms with Crippen LogP contribution in [0.15, 0.2) is 18.7 Å². The van der Waals surface area contributed by atoms with Gasteiger partial charge < -0.3 is 11.1 Å². The molecule has 0 aliphatic heterocycles. The first-order valence-electron chi connectivity index (χ1n) is 5.00. The van der Waals surface area contributed by atoms with Crippen LogP contribution in [-0.2, 0) is 6.42 Å². The first-order valence-corrected chi connectivity index (χ1v) is 5.00. The predicted molar refractivity (Wildman–Crippen MR) is 59.6 cm³/mol. The molecule has 0 saturated heterocycles. The van der Waals surface area contributed by atoms with E-state index in [1.807, 2.05) is 0 Å². The van der Waals surface area contributed by atoms with E-state index in [1.54, 1.807) is 6.20 Å². The summed E-state index contributed by atoms with van der Waals surface area (Å²) >= 11 is 0. The SMILES string of the molecule is Nc1cncc(NCCCc2ncn[nH]2)n1. The Labute approximate surface area is 92.5 Å². The van der Waals surface area contributed by atoms with Crippen molar-refractivity contribution in [3.05, 3.63) is 24.5 Å². The van der Waals surface area contributed by atoms with Crippen LogP contribution in [0.2, 0.25) is 0 Å². The van der Waals surface area contributed by atoms with Crippen LogP contribution >= 0.6 is 0 Å². The maximum atomic E-state index is 5.50. The van der Waals surface area contributed by atoms with Crippen LogP contribution < -0.4 is 11.1 Å². The number of H-pyrrole nitrogens is 1. The lowest BCUT2D eigenvalue weighted by Crippen LogP contribution is -2.06. The van der Waals surface area contributed by atoms with E-state index in [0.717, 1.165) is 25.2 Å². The Balaban J connectivity index is 1.72. The number of anilines is 2. The maximum Gasteiger partial charge on any atom is 0.146 e. The Hall–Kier alpha value is -2.18. The van der Waals surface area contributed by atoms with Crippen molar-refractivity contribution in [2.24, 2.45) is 0 Å². The second-order valence-electron chi connectivity index (χ2n) is 3.29. The molecule has 0 unspecified atom stereocenters. The molecule has 7 nitrogen and oxygen atoms in total. The minimum atomic E-state index is 0.417. The van der Waals surface area contributed by atoms with Crippen molar-refractivity contribution in [1.29, 1.82) is 0 Å². The Kier molecular flexibility index (Phi) is 3.27. The van der Waals surface area contributed by atoms with Crippen molar-refractivity contribution in [2.45, 2.75) is 12.8 Å². The number of nitrogen functional groups attached to an aromatic ring is 1. The minimum absolute atomic E-state index is 0.417. The average Bonchev–Trinajstić information content (AvgIpc) is 2.77. The highest BCUT2D eigenvalue weighted by atomic mass is 15.2. The zero-order chi connectivity index (χ0) is 11.2. The molecule has 0 amide bonds. The summed E-state index contributed by atoms with van der Waals surface area (Å²) in [6.07, 6.45) is 6.45. The van der Waals surface area contributed by atoms with Crippen LogP contribution in [0.25, 0.3) is 0 Å². The van der Waals surface area contributed by atoms with Gasteiger partial charge in [0.1, 0.15) is 23.8 Å². The second-order valence-corrected chi connectivity index (χ2v) is 3.29. The fourth-order valence-corrected chi connectivity index (χ4v) is 1.29. The summed E-state index contributed by atoms with van der Waals surface area (Å²) in [5, 5.41) is 9.72. The van der Waals surface area contributed by atoms with E-state index in [4.69, 9.17) is 5.73 Å². The lowest BCUT2D eigenvalue weighted by molar-refractivity contribution is 0.803. The van der Waals surface area contributed by atoms with Crippen LogP contribution in [0.1, 0.15) is 12.2 Å². The standard InChI is InChI=1S/C9H13N7/c10-7-4-11-5-9(15-7)12-3-1-2-8-13-6-14-16-8/h4-6H,1-3H2,(H3,10,12,15)(H,13,14,16). The fraction of sp³-hybridized carbons (Fsp3) is 0.333. The maximum absolute atomic E-state index is 5.50.